The van der Waals surface area contributed by atoms with Crippen molar-refractivity contribution in [1.29, 1.82) is 5.26 Å². The molecular formula is C17H18ClN3S. The van der Waals surface area contributed by atoms with Gasteiger partial charge in [0.05, 0.1) is 6.07 Å². The summed E-state index contributed by atoms with van der Waals surface area (Å²) in [5, 5.41) is 13.2. The van der Waals surface area contributed by atoms with Crippen LogP contribution in [0, 0.1) is 11.3 Å². The van der Waals surface area contributed by atoms with Crippen molar-refractivity contribution in [3.05, 3.63) is 65.2 Å². The first-order valence-electron chi connectivity index (χ1n) is 7.00. The lowest BCUT2D eigenvalue weighted by atomic mass is 10.1. The number of benzene rings is 2. The van der Waals surface area contributed by atoms with Gasteiger partial charge in [0.2, 0.25) is 0 Å². The predicted molar refractivity (Wildman–Crippen MR) is 92.8 cm³/mol. The fraction of sp³-hybridized carbons (Fsp3) is 0.235. The highest BCUT2D eigenvalue weighted by atomic mass is 35.5. The predicted octanol–water partition coefficient (Wildman–Crippen LogP) is 3.44. The van der Waals surface area contributed by atoms with Gasteiger partial charge in [-0.15, -0.1) is 11.8 Å². The minimum absolute atomic E-state index is 0.0779. The molecule has 0 saturated carbocycles. The fourth-order valence-corrected chi connectivity index (χ4v) is 3.09. The summed E-state index contributed by atoms with van der Waals surface area (Å²) in [7, 11) is 0. The molecule has 2 aromatic carbocycles. The number of thioether (sulfide) groups is 1. The standard InChI is InChI=1S/C17H18ClN3S/c18-14-6-8-15(9-7-14)22-12-17(16(20)10-19)21-11-13-4-2-1-3-5-13/h1-9,16-17,21H,11-12,20H2/t16-,17+/m0/s1. The summed E-state index contributed by atoms with van der Waals surface area (Å²) in [6.07, 6.45) is 0. The van der Waals surface area contributed by atoms with Crippen molar-refractivity contribution in [2.45, 2.75) is 23.5 Å². The molecular weight excluding hydrogens is 314 g/mol. The Balaban J connectivity index is 1.91. The number of nitriles is 1. The smallest absolute Gasteiger partial charge is 0.109 e. The highest BCUT2D eigenvalue weighted by Crippen LogP contribution is 2.21. The Morgan fingerprint density at radius 1 is 1.14 bits per heavy atom. The number of rotatable bonds is 7. The van der Waals surface area contributed by atoms with Gasteiger partial charge in [-0.25, -0.2) is 0 Å². The van der Waals surface area contributed by atoms with Crippen LogP contribution < -0.4 is 11.1 Å². The lowest BCUT2D eigenvalue weighted by Gasteiger charge is -2.20. The Labute approximate surface area is 140 Å². The summed E-state index contributed by atoms with van der Waals surface area (Å²) < 4.78 is 0. The van der Waals surface area contributed by atoms with Crippen molar-refractivity contribution in [2.24, 2.45) is 5.73 Å². The maximum atomic E-state index is 9.09. The molecule has 0 aliphatic heterocycles. The second-order valence-corrected chi connectivity index (χ2v) is 6.42. The fourth-order valence-electron chi connectivity index (χ4n) is 1.94. The topological polar surface area (TPSA) is 61.8 Å². The Morgan fingerprint density at radius 2 is 1.82 bits per heavy atom. The van der Waals surface area contributed by atoms with E-state index in [9.17, 15) is 0 Å². The van der Waals surface area contributed by atoms with E-state index in [4.69, 9.17) is 22.6 Å². The third-order valence-corrected chi connectivity index (χ3v) is 4.62. The molecule has 0 heterocycles. The highest BCUT2D eigenvalue weighted by Gasteiger charge is 2.17. The van der Waals surface area contributed by atoms with Crippen LogP contribution in [-0.2, 0) is 6.54 Å². The monoisotopic (exact) mass is 331 g/mol. The average molecular weight is 332 g/mol. The summed E-state index contributed by atoms with van der Waals surface area (Å²) in [6.45, 7) is 0.696. The van der Waals surface area contributed by atoms with Crippen LogP contribution in [0.5, 0.6) is 0 Å². The molecule has 5 heteroatoms. The van der Waals surface area contributed by atoms with Gasteiger partial charge in [0.1, 0.15) is 6.04 Å². The number of halogens is 1. The molecule has 0 amide bonds. The summed E-state index contributed by atoms with van der Waals surface area (Å²) in [5.41, 5.74) is 7.09. The van der Waals surface area contributed by atoms with Crippen molar-refractivity contribution in [3.8, 4) is 6.07 Å². The molecule has 0 unspecified atom stereocenters. The third-order valence-electron chi connectivity index (χ3n) is 3.24. The van der Waals surface area contributed by atoms with Crippen LogP contribution in [0.4, 0.5) is 0 Å². The first kappa shape index (κ1) is 16.9. The molecule has 114 valence electrons. The Kier molecular flexibility index (Phi) is 6.75. The maximum absolute atomic E-state index is 9.09. The molecule has 0 aliphatic carbocycles. The minimum Gasteiger partial charge on any atom is -0.315 e. The molecule has 0 aromatic heterocycles. The number of nitrogens with zero attached hydrogens (tertiary/aromatic N) is 1. The van der Waals surface area contributed by atoms with Gasteiger partial charge in [-0.2, -0.15) is 5.26 Å². The van der Waals surface area contributed by atoms with E-state index < -0.39 is 6.04 Å². The van der Waals surface area contributed by atoms with E-state index in [1.807, 2.05) is 54.6 Å². The van der Waals surface area contributed by atoms with Gasteiger partial charge in [0, 0.05) is 28.3 Å². The molecule has 0 bridgehead atoms. The highest BCUT2D eigenvalue weighted by molar-refractivity contribution is 7.99. The van der Waals surface area contributed by atoms with Gasteiger partial charge in [0.25, 0.3) is 0 Å². The number of nitrogens with one attached hydrogen (secondary N) is 1. The average Bonchev–Trinajstić information content (AvgIpc) is 2.57. The SMILES string of the molecule is N#C[C@H](N)[C@@H](CSc1ccc(Cl)cc1)NCc1ccccc1. The molecule has 0 fully saturated rings. The van der Waals surface area contributed by atoms with Crippen molar-refractivity contribution >= 4 is 23.4 Å². The van der Waals surface area contributed by atoms with Crippen molar-refractivity contribution in [3.63, 3.8) is 0 Å². The zero-order valence-corrected chi connectivity index (χ0v) is 13.6. The first-order chi connectivity index (χ1) is 10.7. The van der Waals surface area contributed by atoms with E-state index in [2.05, 4.69) is 11.4 Å². The second kappa shape index (κ2) is 8.82. The van der Waals surface area contributed by atoms with Crippen molar-refractivity contribution < 1.29 is 0 Å². The molecule has 3 nitrogen and oxygen atoms in total. The van der Waals surface area contributed by atoms with E-state index in [1.54, 1.807) is 11.8 Å². The van der Waals surface area contributed by atoms with Gasteiger partial charge in [0.15, 0.2) is 0 Å². The summed E-state index contributed by atoms with van der Waals surface area (Å²) in [4.78, 5) is 1.11. The molecule has 22 heavy (non-hydrogen) atoms. The van der Waals surface area contributed by atoms with Crippen LogP contribution in [0.2, 0.25) is 5.02 Å². The molecule has 0 saturated heterocycles. The number of hydrogen-bond donors (Lipinski definition) is 2. The van der Waals surface area contributed by atoms with Crippen LogP contribution in [0.3, 0.4) is 0 Å². The van der Waals surface area contributed by atoms with Gasteiger partial charge in [-0.1, -0.05) is 41.9 Å². The summed E-state index contributed by atoms with van der Waals surface area (Å²) in [5.74, 6) is 0.725. The third kappa shape index (κ3) is 5.36. The maximum Gasteiger partial charge on any atom is 0.109 e. The molecule has 2 rings (SSSR count). The van der Waals surface area contributed by atoms with Gasteiger partial charge >= 0.3 is 0 Å². The molecule has 0 aliphatic rings. The first-order valence-corrected chi connectivity index (χ1v) is 8.36. The van der Waals surface area contributed by atoms with Crippen LogP contribution in [-0.4, -0.2) is 17.8 Å². The van der Waals surface area contributed by atoms with Crippen LogP contribution >= 0.6 is 23.4 Å². The van der Waals surface area contributed by atoms with Crippen molar-refractivity contribution in [1.82, 2.24) is 5.32 Å². The Bertz CT molecular complexity index is 610. The molecule has 2 atom stereocenters. The lowest BCUT2D eigenvalue weighted by molar-refractivity contribution is 0.516. The van der Waals surface area contributed by atoms with E-state index in [-0.39, 0.29) is 6.04 Å². The molecule has 0 spiro atoms. The largest absolute Gasteiger partial charge is 0.315 e. The number of hydrogen-bond acceptors (Lipinski definition) is 4. The normalized spacial score (nSPS) is 13.3. The molecule has 3 N–H and O–H groups in total. The quantitative estimate of drug-likeness (QED) is 0.763. The Hall–Kier alpha value is -1.51. The zero-order valence-electron chi connectivity index (χ0n) is 12.1. The minimum atomic E-state index is -0.538. The van der Waals surface area contributed by atoms with Gasteiger partial charge in [-0.3, -0.25) is 0 Å². The summed E-state index contributed by atoms with van der Waals surface area (Å²) in [6, 6.07) is 19.3. The van der Waals surface area contributed by atoms with Gasteiger partial charge < -0.3 is 11.1 Å². The van der Waals surface area contributed by atoms with Gasteiger partial charge in [-0.05, 0) is 29.8 Å². The summed E-state index contributed by atoms with van der Waals surface area (Å²) >= 11 is 7.54. The number of nitrogens with two attached hydrogens (primary N) is 1. The molecule has 0 radical (unpaired) electrons. The Morgan fingerprint density at radius 3 is 2.45 bits per heavy atom. The van der Waals surface area contributed by atoms with Crippen LogP contribution in [0.25, 0.3) is 0 Å². The van der Waals surface area contributed by atoms with Crippen molar-refractivity contribution in [2.75, 3.05) is 5.75 Å². The lowest BCUT2D eigenvalue weighted by Crippen LogP contribution is -2.45. The molecule has 2 aromatic rings. The van der Waals surface area contributed by atoms with E-state index in [0.717, 1.165) is 15.7 Å². The van der Waals surface area contributed by atoms with Crippen LogP contribution in [0.15, 0.2) is 59.5 Å². The van der Waals surface area contributed by atoms with Crippen LogP contribution in [0.1, 0.15) is 5.56 Å². The van der Waals surface area contributed by atoms with E-state index in [0.29, 0.717) is 6.54 Å². The second-order valence-electron chi connectivity index (χ2n) is 4.89. The van der Waals surface area contributed by atoms with E-state index >= 15 is 0 Å². The van der Waals surface area contributed by atoms with E-state index in [1.165, 1.54) is 5.56 Å². The zero-order chi connectivity index (χ0) is 15.8.